The molecule has 5 nitrogen and oxygen atoms in total. The molecule has 1 aliphatic rings. The van der Waals surface area contributed by atoms with E-state index in [1.54, 1.807) is 18.2 Å². The number of fused-ring (bicyclic) bond motifs is 3. The molecule has 88 valence electrons. The minimum absolute atomic E-state index is 0.0568. The molecule has 0 heterocycles. The molecule has 0 saturated carbocycles. The van der Waals surface area contributed by atoms with Crippen molar-refractivity contribution in [1.29, 1.82) is 0 Å². The Morgan fingerprint density at radius 2 is 1.67 bits per heavy atom. The van der Waals surface area contributed by atoms with Crippen molar-refractivity contribution >= 4 is 17.2 Å². The van der Waals surface area contributed by atoms with Crippen LogP contribution in [0.2, 0.25) is 0 Å². The van der Waals surface area contributed by atoms with Crippen LogP contribution in [0.3, 0.4) is 0 Å². The van der Waals surface area contributed by atoms with Gasteiger partial charge in [-0.2, -0.15) is 0 Å². The minimum atomic E-state index is -0.578. The fourth-order valence-electron chi connectivity index (χ4n) is 2.29. The number of hydrogen-bond acceptors (Lipinski definition) is 4. The third kappa shape index (κ3) is 1.18. The Labute approximate surface area is 102 Å². The number of benzene rings is 2. The highest BCUT2D eigenvalue weighted by Crippen LogP contribution is 2.42. The van der Waals surface area contributed by atoms with Gasteiger partial charge in [0.25, 0.3) is 5.69 Å². The molecule has 1 aliphatic carbocycles. The fourth-order valence-corrected chi connectivity index (χ4v) is 2.29. The Kier molecular flexibility index (Phi) is 1.98. The Morgan fingerprint density at radius 1 is 1.00 bits per heavy atom. The molecular formula is C13H8N2O3. The monoisotopic (exact) mass is 240 g/mol. The van der Waals surface area contributed by atoms with Crippen LogP contribution in [0.1, 0.15) is 15.9 Å². The summed E-state index contributed by atoms with van der Waals surface area (Å²) in [6.07, 6.45) is 0. The fraction of sp³-hybridized carbons (Fsp3) is 0. The van der Waals surface area contributed by atoms with E-state index in [1.807, 2.05) is 12.1 Å². The first kappa shape index (κ1) is 10.5. The number of nitro groups is 1. The van der Waals surface area contributed by atoms with Crippen molar-refractivity contribution in [2.24, 2.45) is 0 Å². The number of rotatable bonds is 1. The lowest BCUT2D eigenvalue weighted by molar-refractivity contribution is -0.383. The van der Waals surface area contributed by atoms with Crippen LogP contribution in [0.5, 0.6) is 0 Å². The molecule has 2 aromatic rings. The summed E-state index contributed by atoms with van der Waals surface area (Å²) in [6.45, 7) is 0. The van der Waals surface area contributed by atoms with Gasteiger partial charge in [0.1, 0.15) is 5.69 Å². The van der Waals surface area contributed by atoms with Crippen molar-refractivity contribution in [1.82, 2.24) is 0 Å². The van der Waals surface area contributed by atoms with Crippen molar-refractivity contribution < 1.29 is 9.72 Å². The first-order valence-electron chi connectivity index (χ1n) is 5.32. The highest BCUT2D eigenvalue weighted by Gasteiger charge is 2.31. The van der Waals surface area contributed by atoms with Crippen molar-refractivity contribution in [2.75, 3.05) is 5.73 Å². The topological polar surface area (TPSA) is 86.2 Å². The average Bonchev–Trinajstić information content (AvgIpc) is 2.65. The van der Waals surface area contributed by atoms with Gasteiger partial charge >= 0.3 is 0 Å². The number of nitrogen functional groups attached to an aromatic ring is 1. The second-order valence-electron chi connectivity index (χ2n) is 4.05. The second-order valence-corrected chi connectivity index (χ2v) is 4.05. The van der Waals surface area contributed by atoms with Gasteiger partial charge in [-0.15, -0.1) is 0 Å². The summed E-state index contributed by atoms with van der Waals surface area (Å²) in [5.41, 5.74) is 7.68. The summed E-state index contributed by atoms with van der Waals surface area (Å²) in [7, 11) is 0. The highest BCUT2D eigenvalue weighted by atomic mass is 16.6. The highest BCUT2D eigenvalue weighted by molar-refractivity contribution is 6.24. The number of carbonyl (C=O) groups is 1. The summed E-state index contributed by atoms with van der Waals surface area (Å²) < 4.78 is 0. The summed E-state index contributed by atoms with van der Waals surface area (Å²) in [4.78, 5) is 22.4. The second kappa shape index (κ2) is 3.40. The zero-order valence-electron chi connectivity index (χ0n) is 9.21. The molecule has 0 aromatic heterocycles. The van der Waals surface area contributed by atoms with Crippen molar-refractivity contribution in [3.05, 3.63) is 57.6 Å². The van der Waals surface area contributed by atoms with Gasteiger partial charge in [0.2, 0.25) is 0 Å². The predicted octanol–water partition coefficient (Wildman–Crippen LogP) is 2.39. The molecule has 2 N–H and O–H groups in total. The first-order chi connectivity index (χ1) is 8.61. The Hall–Kier alpha value is -2.69. The number of carbonyl (C=O) groups excluding carboxylic acids is 1. The Balaban J connectivity index is 2.35. The molecule has 0 saturated heterocycles. The van der Waals surface area contributed by atoms with Crippen molar-refractivity contribution in [3.8, 4) is 11.1 Å². The molecule has 0 bridgehead atoms. The quantitative estimate of drug-likeness (QED) is 0.402. The lowest BCUT2D eigenvalue weighted by Gasteiger charge is -2.03. The summed E-state index contributed by atoms with van der Waals surface area (Å²) >= 11 is 0. The number of nitrogens with zero attached hydrogens (tertiary/aromatic N) is 1. The first-order valence-corrected chi connectivity index (χ1v) is 5.32. The van der Waals surface area contributed by atoms with E-state index in [4.69, 9.17) is 5.73 Å². The standard InChI is InChI=1S/C13H8N2O3/c14-12-10(15(17)18)6-5-8-7-3-1-2-4-9(7)13(16)11(8)12/h1-6H,14H2. The molecule has 18 heavy (non-hydrogen) atoms. The minimum Gasteiger partial charge on any atom is -0.393 e. The maximum atomic E-state index is 12.2. The van der Waals surface area contributed by atoms with Crippen LogP contribution < -0.4 is 5.73 Å². The molecule has 0 amide bonds. The van der Waals surface area contributed by atoms with E-state index in [1.165, 1.54) is 6.07 Å². The molecule has 0 fully saturated rings. The molecule has 0 radical (unpaired) electrons. The van der Waals surface area contributed by atoms with Crippen LogP contribution in [0.25, 0.3) is 11.1 Å². The number of hydrogen-bond donors (Lipinski definition) is 1. The number of nitro benzene ring substituents is 1. The third-order valence-corrected chi connectivity index (χ3v) is 3.11. The summed E-state index contributed by atoms with van der Waals surface area (Å²) in [6, 6.07) is 10.00. The van der Waals surface area contributed by atoms with Crippen molar-refractivity contribution in [3.63, 3.8) is 0 Å². The maximum absolute atomic E-state index is 12.2. The Morgan fingerprint density at radius 3 is 2.33 bits per heavy atom. The van der Waals surface area contributed by atoms with E-state index in [9.17, 15) is 14.9 Å². The number of anilines is 1. The van der Waals surface area contributed by atoms with Crippen LogP contribution >= 0.6 is 0 Å². The van der Waals surface area contributed by atoms with Crippen LogP contribution in [0, 0.1) is 10.1 Å². The molecule has 0 spiro atoms. The van der Waals surface area contributed by atoms with E-state index < -0.39 is 4.92 Å². The van der Waals surface area contributed by atoms with E-state index in [0.717, 1.165) is 5.56 Å². The van der Waals surface area contributed by atoms with Crippen molar-refractivity contribution in [2.45, 2.75) is 0 Å². The SMILES string of the molecule is Nc1c([N+](=O)[O-])ccc2c1C(=O)c1ccccc1-2. The lowest BCUT2D eigenvalue weighted by atomic mass is 10.0. The van der Waals surface area contributed by atoms with Gasteiger partial charge in [-0.25, -0.2) is 0 Å². The molecule has 0 unspecified atom stereocenters. The van der Waals surface area contributed by atoms with E-state index in [-0.39, 0.29) is 22.7 Å². The largest absolute Gasteiger partial charge is 0.393 e. The molecule has 0 atom stereocenters. The summed E-state index contributed by atoms with van der Waals surface area (Å²) in [5, 5.41) is 10.8. The van der Waals surface area contributed by atoms with Gasteiger partial charge in [-0.1, -0.05) is 24.3 Å². The van der Waals surface area contributed by atoms with Gasteiger partial charge in [0, 0.05) is 11.6 Å². The van der Waals surface area contributed by atoms with Crippen LogP contribution in [0.15, 0.2) is 36.4 Å². The third-order valence-electron chi connectivity index (χ3n) is 3.11. The number of ketones is 1. The van der Waals surface area contributed by atoms with Crippen LogP contribution in [0.4, 0.5) is 11.4 Å². The Bertz CT molecular complexity index is 707. The summed E-state index contributed by atoms with van der Waals surface area (Å²) in [5.74, 6) is -0.248. The number of nitrogens with two attached hydrogens (primary N) is 1. The van der Waals surface area contributed by atoms with E-state index in [2.05, 4.69) is 0 Å². The van der Waals surface area contributed by atoms with E-state index in [0.29, 0.717) is 11.1 Å². The zero-order chi connectivity index (χ0) is 12.9. The molecule has 3 rings (SSSR count). The molecule has 2 aromatic carbocycles. The lowest BCUT2D eigenvalue weighted by Crippen LogP contribution is -2.04. The van der Waals surface area contributed by atoms with Gasteiger partial charge < -0.3 is 5.73 Å². The van der Waals surface area contributed by atoms with Gasteiger partial charge in [-0.3, -0.25) is 14.9 Å². The van der Waals surface area contributed by atoms with Crippen LogP contribution in [-0.4, -0.2) is 10.7 Å². The van der Waals surface area contributed by atoms with Gasteiger partial charge in [-0.05, 0) is 17.2 Å². The predicted molar refractivity (Wildman–Crippen MR) is 66.4 cm³/mol. The maximum Gasteiger partial charge on any atom is 0.292 e. The van der Waals surface area contributed by atoms with Gasteiger partial charge in [0.05, 0.1) is 10.5 Å². The van der Waals surface area contributed by atoms with E-state index >= 15 is 0 Å². The smallest absolute Gasteiger partial charge is 0.292 e. The molecule has 0 aliphatic heterocycles. The van der Waals surface area contributed by atoms with Crippen LogP contribution in [-0.2, 0) is 0 Å². The molecular weight excluding hydrogens is 232 g/mol. The average molecular weight is 240 g/mol. The van der Waals surface area contributed by atoms with Gasteiger partial charge in [0.15, 0.2) is 5.78 Å². The molecule has 5 heteroatoms. The zero-order valence-corrected chi connectivity index (χ0v) is 9.21. The normalized spacial score (nSPS) is 12.1.